The van der Waals surface area contributed by atoms with Gasteiger partial charge in [0.15, 0.2) is 12.2 Å². The van der Waals surface area contributed by atoms with Crippen LogP contribution in [0.2, 0.25) is 0 Å². The summed E-state index contributed by atoms with van der Waals surface area (Å²) in [4.78, 5) is 72.8. The molecule has 0 fully saturated rings. The van der Waals surface area contributed by atoms with Crippen molar-refractivity contribution in [3.05, 3.63) is 36.5 Å². The van der Waals surface area contributed by atoms with Gasteiger partial charge in [0.1, 0.15) is 19.3 Å². The Morgan fingerprint density at radius 2 is 0.510 bits per heavy atom. The Labute approximate surface area is 585 Å². The number of phosphoric acid groups is 2. The summed E-state index contributed by atoms with van der Waals surface area (Å²) in [7, 11) is -9.92. The van der Waals surface area contributed by atoms with Crippen LogP contribution in [-0.4, -0.2) is 96.7 Å². The van der Waals surface area contributed by atoms with Gasteiger partial charge in [-0.15, -0.1) is 0 Å². The van der Waals surface area contributed by atoms with E-state index < -0.39 is 97.5 Å². The number of hydrogen-bond donors (Lipinski definition) is 3. The van der Waals surface area contributed by atoms with Crippen LogP contribution in [0.1, 0.15) is 374 Å². The molecule has 96 heavy (non-hydrogen) atoms. The summed E-state index contributed by atoms with van der Waals surface area (Å²) >= 11 is 0. The predicted molar refractivity (Wildman–Crippen MR) is 391 cm³/mol. The van der Waals surface area contributed by atoms with E-state index in [1.54, 1.807) is 0 Å². The molecule has 3 N–H and O–H groups in total. The van der Waals surface area contributed by atoms with Crippen LogP contribution in [-0.2, 0) is 65.4 Å². The summed E-state index contributed by atoms with van der Waals surface area (Å²) in [6.07, 6.45) is 65.5. The number of aliphatic hydroxyl groups is 1. The van der Waals surface area contributed by atoms with Gasteiger partial charge in [-0.05, 0) is 64.2 Å². The molecule has 5 unspecified atom stereocenters. The van der Waals surface area contributed by atoms with Gasteiger partial charge in [0.2, 0.25) is 0 Å². The van der Waals surface area contributed by atoms with E-state index in [2.05, 4.69) is 64.2 Å². The summed E-state index contributed by atoms with van der Waals surface area (Å²) in [6.45, 7) is 4.91. The van der Waals surface area contributed by atoms with E-state index in [0.717, 1.165) is 128 Å². The largest absolute Gasteiger partial charge is 0.472 e. The average molecular weight is 1400 g/mol. The fraction of sp³-hybridized carbons (Fsp3) is 0.870. The van der Waals surface area contributed by atoms with Crippen LogP contribution < -0.4 is 0 Å². The molecule has 0 aromatic carbocycles. The highest BCUT2D eigenvalue weighted by Gasteiger charge is 2.30. The molecular weight excluding hydrogens is 1260 g/mol. The molecule has 0 bridgehead atoms. The number of unbranched alkanes of at least 4 members (excludes halogenated alkanes) is 43. The molecule has 0 spiro atoms. The predicted octanol–water partition coefficient (Wildman–Crippen LogP) is 22.3. The molecule has 19 heteroatoms. The molecule has 0 amide bonds. The number of allylic oxidation sites excluding steroid dienone is 6. The average Bonchev–Trinajstić information content (AvgIpc) is 1.17. The van der Waals surface area contributed by atoms with Crippen molar-refractivity contribution >= 4 is 39.5 Å². The van der Waals surface area contributed by atoms with Crippen LogP contribution in [0.25, 0.3) is 0 Å². The minimum atomic E-state index is -4.96. The number of hydrogen-bond acceptors (Lipinski definition) is 15. The first-order valence-electron chi connectivity index (χ1n) is 39.2. The highest BCUT2D eigenvalue weighted by Crippen LogP contribution is 2.45. The molecule has 0 heterocycles. The number of rotatable bonds is 75. The highest BCUT2D eigenvalue weighted by atomic mass is 31.2. The van der Waals surface area contributed by atoms with Crippen molar-refractivity contribution in [3.8, 4) is 0 Å². The lowest BCUT2D eigenvalue weighted by Crippen LogP contribution is -2.30. The van der Waals surface area contributed by atoms with Crippen LogP contribution in [0.4, 0.5) is 0 Å². The fourth-order valence-corrected chi connectivity index (χ4v) is 12.7. The summed E-state index contributed by atoms with van der Waals surface area (Å²) in [5, 5.41) is 10.6. The Morgan fingerprint density at radius 3 is 0.802 bits per heavy atom. The quantitative estimate of drug-likeness (QED) is 0.0169. The minimum absolute atomic E-state index is 0.101. The number of phosphoric ester groups is 2. The molecule has 17 nitrogen and oxygen atoms in total. The molecule has 0 aliphatic rings. The second-order valence-corrected chi connectivity index (χ2v) is 29.6. The van der Waals surface area contributed by atoms with Crippen molar-refractivity contribution in [1.82, 2.24) is 0 Å². The van der Waals surface area contributed by atoms with Gasteiger partial charge in [-0.2, -0.15) is 0 Å². The van der Waals surface area contributed by atoms with Gasteiger partial charge in [-0.25, -0.2) is 9.13 Å². The Bertz CT molecular complexity index is 1970. The number of carbonyl (C=O) groups excluding carboxylic acids is 4. The van der Waals surface area contributed by atoms with E-state index in [1.165, 1.54) is 167 Å². The maximum absolute atomic E-state index is 13.1. The third-order valence-corrected chi connectivity index (χ3v) is 19.0. The Morgan fingerprint density at radius 1 is 0.292 bits per heavy atom. The molecule has 0 aromatic rings. The molecule has 0 radical (unpaired) electrons. The van der Waals surface area contributed by atoms with Crippen molar-refractivity contribution in [2.24, 2.45) is 0 Å². The van der Waals surface area contributed by atoms with Crippen molar-refractivity contribution in [2.45, 2.75) is 393 Å². The van der Waals surface area contributed by atoms with E-state index in [-0.39, 0.29) is 25.7 Å². The van der Waals surface area contributed by atoms with Crippen molar-refractivity contribution in [3.63, 3.8) is 0 Å². The number of ether oxygens (including phenoxy) is 4. The SMILES string of the molecule is CCCCC/C=C\C/C=C\C/C=C\CCCCCCCCC(=O)OCC(COP(=O)(O)OCC(O)COP(=O)(O)OCC(COC(=O)CCCCCCCCCCCCCCC)OC(=O)CCCCCCCCCCCCC)OC(=O)CCCCCCCCCCCCCCC. The lowest BCUT2D eigenvalue weighted by Gasteiger charge is -2.21. The zero-order valence-corrected chi connectivity index (χ0v) is 63.4. The molecule has 0 saturated carbocycles. The van der Waals surface area contributed by atoms with Crippen LogP contribution in [0, 0.1) is 0 Å². The van der Waals surface area contributed by atoms with E-state index in [4.69, 9.17) is 37.0 Å². The van der Waals surface area contributed by atoms with Crippen LogP contribution >= 0.6 is 15.6 Å². The first kappa shape index (κ1) is 93.3. The van der Waals surface area contributed by atoms with Crippen LogP contribution in [0.15, 0.2) is 36.5 Å². The van der Waals surface area contributed by atoms with E-state index in [1.807, 2.05) is 0 Å². The van der Waals surface area contributed by atoms with Crippen molar-refractivity contribution in [1.29, 1.82) is 0 Å². The molecular formula is C77H144O17P2. The first-order valence-corrected chi connectivity index (χ1v) is 42.2. The zero-order chi connectivity index (χ0) is 70.4. The molecule has 5 atom stereocenters. The molecule has 0 aliphatic carbocycles. The molecule has 0 rings (SSSR count). The second-order valence-electron chi connectivity index (χ2n) is 26.7. The zero-order valence-electron chi connectivity index (χ0n) is 61.6. The molecule has 564 valence electrons. The van der Waals surface area contributed by atoms with E-state index in [0.29, 0.717) is 25.7 Å². The van der Waals surface area contributed by atoms with Crippen LogP contribution in [0.5, 0.6) is 0 Å². The summed E-state index contributed by atoms with van der Waals surface area (Å²) in [5.41, 5.74) is 0. The van der Waals surface area contributed by atoms with Gasteiger partial charge in [0.25, 0.3) is 0 Å². The first-order chi connectivity index (χ1) is 46.7. The normalized spacial score (nSPS) is 14.1. The lowest BCUT2D eigenvalue weighted by molar-refractivity contribution is -0.161. The fourth-order valence-electron chi connectivity index (χ4n) is 11.1. The minimum Gasteiger partial charge on any atom is -0.462 e. The van der Waals surface area contributed by atoms with Crippen molar-refractivity contribution < 1.29 is 80.2 Å². The lowest BCUT2D eigenvalue weighted by atomic mass is 10.0. The van der Waals surface area contributed by atoms with Gasteiger partial charge < -0.3 is 33.8 Å². The van der Waals surface area contributed by atoms with E-state index >= 15 is 0 Å². The summed E-state index contributed by atoms with van der Waals surface area (Å²) in [5.74, 6) is -2.14. The maximum Gasteiger partial charge on any atom is 0.472 e. The highest BCUT2D eigenvalue weighted by molar-refractivity contribution is 7.47. The standard InChI is InChI=1S/C77H144O17P2/c1-5-9-13-17-21-25-29-32-33-34-35-36-37-40-43-46-50-54-58-62-75(80)88-68-73(94-77(82)64-60-56-52-48-44-39-31-27-23-19-15-11-7-3)70-92-96(85,86)90-66-71(78)65-89-95(83,84)91-69-72(93-76(81)63-59-55-51-47-41-28-24-20-16-12-8-4)67-87-74(79)61-57-53-49-45-42-38-30-26-22-18-14-10-6-2/h21,25,32-33,35-36,71-73,78H,5-20,22-24,26-31,34,37-70H2,1-4H3,(H,83,84)(H,85,86)/b25-21-,33-32-,36-35-. The number of esters is 4. The van der Waals surface area contributed by atoms with Gasteiger partial charge in [0.05, 0.1) is 26.4 Å². The third kappa shape index (κ3) is 69.7. The molecule has 0 saturated heterocycles. The smallest absolute Gasteiger partial charge is 0.462 e. The summed E-state index contributed by atoms with van der Waals surface area (Å²) < 4.78 is 68.5. The number of carbonyl (C=O) groups is 4. The maximum atomic E-state index is 13.1. The number of aliphatic hydroxyl groups excluding tert-OH is 1. The Balaban J connectivity index is 5.26. The topological polar surface area (TPSA) is 237 Å². The third-order valence-electron chi connectivity index (χ3n) is 17.1. The van der Waals surface area contributed by atoms with Gasteiger partial charge >= 0.3 is 39.5 Å². The summed E-state index contributed by atoms with van der Waals surface area (Å²) in [6, 6.07) is 0. The van der Waals surface area contributed by atoms with E-state index in [9.17, 15) is 43.2 Å². The van der Waals surface area contributed by atoms with Crippen molar-refractivity contribution in [2.75, 3.05) is 39.6 Å². The molecule has 0 aliphatic heterocycles. The molecule has 0 aromatic heterocycles. The Kier molecular flexibility index (Phi) is 68.7. The van der Waals surface area contributed by atoms with Gasteiger partial charge in [0, 0.05) is 25.7 Å². The van der Waals surface area contributed by atoms with Gasteiger partial charge in [-0.1, -0.05) is 321 Å². The van der Waals surface area contributed by atoms with Crippen LogP contribution in [0.3, 0.4) is 0 Å². The second kappa shape index (κ2) is 70.7. The van der Waals surface area contributed by atoms with Gasteiger partial charge in [-0.3, -0.25) is 37.3 Å². The monoisotopic (exact) mass is 1400 g/mol. The Hall–Kier alpha value is -2.72.